The van der Waals surface area contributed by atoms with Gasteiger partial charge in [-0.25, -0.2) is 0 Å². The molecule has 2 N–H and O–H groups in total. The Morgan fingerprint density at radius 2 is 2.05 bits per heavy atom. The number of nitro benzene ring substituents is 1. The average molecular weight is 334 g/mol. The number of likely N-dealkylation sites (tertiary alicyclic amines) is 1. The van der Waals surface area contributed by atoms with E-state index in [0.717, 1.165) is 12.8 Å². The zero-order chi connectivity index (χ0) is 14.7. The van der Waals surface area contributed by atoms with Crippen molar-refractivity contribution in [3.8, 4) is 0 Å². The number of nitrogens with two attached hydrogens (primary N) is 1. The third-order valence-electron chi connectivity index (χ3n) is 3.64. The van der Waals surface area contributed by atoms with Crippen molar-refractivity contribution >= 4 is 35.6 Å². The summed E-state index contributed by atoms with van der Waals surface area (Å²) in [7, 11) is 0. The molecule has 8 heteroatoms. The van der Waals surface area contributed by atoms with E-state index < -0.39 is 4.92 Å². The number of nitro groups is 1. The molecule has 0 bridgehead atoms. The van der Waals surface area contributed by atoms with Crippen molar-refractivity contribution in [3.63, 3.8) is 0 Å². The fraction of sp³-hybridized carbons (Fsp3) is 0.462. The Hall–Kier alpha value is -1.37. The number of rotatable bonds is 3. The first-order valence-corrected chi connectivity index (χ1v) is 6.84. The Labute approximate surface area is 133 Å². The lowest BCUT2D eigenvalue weighted by atomic mass is 9.96. The van der Waals surface area contributed by atoms with E-state index >= 15 is 0 Å². The van der Waals surface area contributed by atoms with E-state index in [1.54, 1.807) is 4.90 Å². The van der Waals surface area contributed by atoms with Crippen LogP contribution in [0.15, 0.2) is 18.2 Å². The average Bonchev–Trinajstić information content (AvgIpc) is 2.46. The number of amides is 1. The van der Waals surface area contributed by atoms with E-state index in [1.165, 1.54) is 18.2 Å². The van der Waals surface area contributed by atoms with Gasteiger partial charge in [-0.3, -0.25) is 14.9 Å². The molecular weight excluding hydrogens is 317 g/mol. The Morgan fingerprint density at radius 1 is 1.43 bits per heavy atom. The third kappa shape index (κ3) is 3.84. The molecule has 2 rings (SSSR count). The van der Waals surface area contributed by atoms with Crippen molar-refractivity contribution in [2.24, 2.45) is 11.7 Å². The first kappa shape index (κ1) is 17.7. The van der Waals surface area contributed by atoms with Crippen molar-refractivity contribution in [1.82, 2.24) is 4.90 Å². The summed E-state index contributed by atoms with van der Waals surface area (Å²) in [5.41, 5.74) is 5.34. The highest BCUT2D eigenvalue weighted by Crippen LogP contribution is 2.29. The highest BCUT2D eigenvalue weighted by molar-refractivity contribution is 6.34. The maximum absolute atomic E-state index is 12.4. The van der Waals surface area contributed by atoms with Crippen LogP contribution in [-0.2, 0) is 0 Å². The first-order chi connectivity index (χ1) is 9.54. The van der Waals surface area contributed by atoms with Crippen LogP contribution in [0.25, 0.3) is 0 Å². The lowest BCUT2D eigenvalue weighted by Gasteiger charge is -2.31. The molecule has 1 heterocycles. The molecular formula is C13H17Cl2N3O3. The maximum Gasteiger partial charge on any atom is 0.283 e. The minimum Gasteiger partial charge on any atom is -0.338 e. The molecule has 0 spiro atoms. The van der Waals surface area contributed by atoms with Gasteiger partial charge in [0.2, 0.25) is 0 Å². The molecule has 0 radical (unpaired) electrons. The smallest absolute Gasteiger partial charge is 0.283 e. The van der Waals surface area contributed by atoms with Crippen molar-refractivity contribution in [3.05, 3.63) is 38.9 Å². The van der Waals surface area contributed by atoms with Crippen LogP contribution in [0.1, 0.15) is 23.2 Å². The fourth-order valence-electron chi connectivity index (χ4n) is 2.41. The van der Waals surface area contributed by atoms with Crippen molar-refractivity contribution in [2.75, 3.05) is 19.6 Å². The maximum atomic E-state index is 12.4. The zero-order valence-corrected chi connectivity index (χ0v) is 12.9. The number of hydrogen-bond donors (Lipinski definition) is 1. The van der Waals surface area contributed by atoms with Crippen molar-refractivity contribution in [2.45, 2.75) is 12.8 Å². The number of halogens is 2. The largest absolute Gasteiger partial charge is 0.338 e. The van der Waals surface area contributed by atoms with E-state index in [1.807, 2.05) is 0 Å². The standard InChI is InChI=1S/C13H16ClN3O3.ClH/c14-10-2-1-3-11(17(19)20)12(10)13(18)16-6-4-9(8-15)5-7-16;/h1-3,9H,4-8,15H2;1H. The van der Waals surface area contributed by atoms with Crippen LogP contribution in [0, 0.1) is 16.0 Å². The Bertz CT molecular complexity index is 531. The van der Waals surface area contributed by atoms with Gasteiger partial charge < -0.3 is 10.6 Å². The molecule has 1 saturated heterocycles. The van der Waals surface area contributed by atoms with Crippen molar-refractivity contribution < 1.29 is 9.72 Å². The number of carbonyl (C=O) groups excluding carboxylic acids is 1. The van der Waals surface area contributed by atoms with Crippen LogP contribution in [0.2, 0.25) is 5.02 Å². The lowest BCUT2D eigenvalue weighted by Crippen LogP contribution is -2.40. The van der Waals surface area contributed by atoms with Gasteiger partial charge in [0.05, 0.1) is 9.95 Å². The van der Waals surface area contributed by atoms with Crippen molar-refractivity contribution in [1.29, 1.82) is 0 Å². The van der Waals surface area contributed by atoms with Gasteiger partial charge in [0, 0.05) is 19.2 Å². The summed E-state index contributed by atoms with van der Waals surface area (Å²) in [6.07, 6.45) is 1.64. The summed E-state index contributed by atoms with van der Waals surface area (Å²) in [4.78, 5) is 24.5. The molecule has 6 nitrogen and oxygen atoms in total. The molecule has 0 atom stereocenters. The molecule has 1 aliphatic rings. The highest BCUT2D eigenvalue weighted by atomic mass is 35.5. The topological polar surface area (TPSA) is 89.5 Å². The number of carbonyl (C=O) groups is 1. The van der Waals surface area contributed by atoms with E-state index in [2.05, 4.69) is 0 Å². The van der Waals surface area contributed by atoms with Gasteiger partial charge >= 0.3 is 0 Å². The molecule has 1 fully saturated rings. The van der Waals surface area contributed by atoms with Gasteiger partial charge in [-0.15, -0.1) is 12.4 Å². The summed E-state index contributed by atoms with van der Waals surface area (Å²) in [6.45, 7) is 1.72. The fourth-order valence-corrected chi connectivity index (χ4v) is 2.66. The highest BCUT2D eigenvalue weighted by Gasteiger charge is 2.29. The zero-order valence-electron chi connectivity index (χ0n) is 11.3. The number of hydrogen-bond acceptors (Lipinski definition) is 4. The van der Waals surface area contributed by atoms with Gasteiger partial charge in [-0.2, -0.15) is 0 Å². The second kappa shape index (κ2) is 7.59. The van der Waals surface area contributed by atoms with Crippen LogP contribution in [-0.4, -0.2) is 35.4 Å². The lowest BCUT2D eigenvalue weighted by molar-refractivity contribution is -0.385. The molecule has 1 aromatic rings. The third-order valence-corrected chi connectivity index (χ3v) is 3.95. The predicted octanol–water partition coefficient (Wildman–Crippen LogP) is 2.48. The van der Waals surface area contributed by atoms with Gasteiger partial charge in [-0.1, -0.05) is 17.7 Å². The number of nitrogens with zero attached hydrogens (tertiary/aromatic N) is 2. The second-order valence-electron chi connectivity index (χ2n) is 4.86. The SMILES string of the molecule is Cl.NCC1CCN(C(=O)c2c(Cl)cccc2[N+](=O)[O-])CC1. The predicted molar refractivity (Wildman–Crippen MR) is 83.0 cm³/mol. The molecule has 21 heavy (non-hydrogen) atoms. The van der Waals surface area contributed by atoms with Crippen LogP contribution in [0.3, 0.4) is 0 Å². The van der Waals surface area contributed by atoms with E-state index in [4.69, 9.17) is 17.3 Å². The molecule has 116 valence electrons. The van der Waals surface area contributed by atoms with Gasteiger partial charge in [0.25, 0.3) is 11.6 Å². The molecule has 0 unspecified atom stereocenters. The number of benzene rings is 1. The second-order valence-corrected chi connectivity index (χ2v) is 5.27. The van der Waals surface area contributed by atoms with Crippen LogP contribution in [0.4, 0.5) is 5.69 Å². The summed E-state index contributed by atoms with van der Waals surface area (Å²) in [5.74, 6) is 0.0399. The quantitative estimate of drug-likeness (QED) is 0.679. The summed E-state index contributed by atoms with van der Waals surface area (Å²) >= 11 is 5.97. The van der Waals surface area contributed by atoms with Crippen LogP contribution in [0.5, 0.6) is 0 Å². The van der Waals surface area contributed by atoms with Gasteiger partial charge in [0.15, 0.2) is 0 Å². The Morgan fingerprint density at radius 3 is 2.57 bits per heavy atom. The monoisotopic (exact) mass is 333 g/mol. The first-order valence-electron chi connectivity index (χ1n) is 6.46. The summed E-state index contributed by atoms with van der Waals surface area (Å²) < 4.78 is 0. The Kier molecular flexibility index (Phi) is 6.39. The Balaban J connectivity index is 0.00000220. The van der Waals surface area contributed by atoms with E-state index in [9.17, 15) is 14.9 Å². The van der Waals surface area contributed by atoms with E-state index in [-0.39, 0.29) is 34.6 Å². The molecule has 0 aliphatic carbocycles. The minimum atomic E-state index is -0.578. The number of piperidine rings is 1. The minimum absolute atomic E-state index is 0. The van der Waals surface area contributed by atoms with Gasteiger partial charge in [-0.05, 0) is 31.4 Å². The molecule has 0 saturated carbocycles. The molecule has 0 aromatic heterocycles. The van der Waals surface area contributed by atoms with Crippen LogP contribution < -0.4 is 5.73 Å². The van der Waals surface area contributed by atoms with Gasteiger partial charge in [0.1, 0.15) is 5.56 Å². The van der Waals surface area contributed by atoms with E-state index in [0.29, 0.717) is 25.6 Å². The normalized spacial score (nSPS) is 15.4. The van der Waals surface area contributed by atoms with Crippen LogP contribution >= 0.6 is 24.0 Å². The summed E-state index contributed by atoms with van der Waals surface area (Å²) in [5, 5.41) is 11.1. The summed E-state index contributed by atoms with van der Waals surface area (Å²) in [6, 6.07) is 4.26. The molecule has 1 amide bonds. The molecule has 1 aliphatic heterocycles. The molecule has 1 aromatic carbocycles.